The van der Waals surface area contributed by atoms with Crippen molar-refractivity contribution < 1.29 is 4.74 Å². The number of hydrogen-bond acceptors (Lipinski definition) is 3. The molecule has 0 amide bonds. The highest BCUT2D eigenvalue weighted by atomic mass is 16.5. The van der Waals surface area contributed by atoms with Gasteiger partial charge in [0.2, 0.25) is 0 Å². The number of hydrogen-bond donors (Lipinski definition) is 0. The van der Waals surface area contributed by atoms with Crippen LogP contribution < -0.4 is 4.74 Å². The number of aromatic nitrogens is 3. The van der Waals surface area contributed by atoms with E-state index in [1.165, 1.54) is 36.8 Å². The fourth-order valence-corrected chi connectivity index (χ4v) is 3.82. The summed E-state index contributed by atoms with van der Waals surface area (Å²) >= 11 is 0. The normalized spacial score (nSPS) is 19.9. The molecule has 1 fully saturated rings. The third kappa shape index (κ3) is 1.60. The van der Waals surface area contributed by atoms with Gasteiger partial charge in [-0.25, -0.2) is 0 Å². The number of benzene rings is 1. The van der Waals surface area contributed by atoms with Crippen molar-refractivity contribution >= 4 is 0 Å². The molecule has 4 nitrogen and oxygen atoms in total. The third-order valence-electron chi connectivity index (χ3n) is 4.84. The highest BCUT2D eigenvalue weighted by molar-refractivity contribution is 5.45. The molecular formula is C16H19N3O. The molecule has 1 saturated carbocycles. The van der Waals surface area contributed by atoms with Crippen LogP contribution >= 0.6 is 0 Å². The van der Waals surface area contributed by atoms with Gasteiger partial charge in [0.25, 0.3) is 0 Å². The summed E-state index contributed by atoms with van der Waals surface area (Å²) in [5, 5.41) is 8.52. The monoisotopic (exact) mass is 269 g/mol. The standard InChI is InChI=1S/C16H19N3O/c1-19-11-17-18-15(19)16(7-2-3-8-16)13-4-5-14-12(10-13)6-9-20-14/h4-5,10-11H,2-3,6-9H2,1H3. The summed E-state index contributed by atoms with van der Waals surface area (Å²) in [5.74, 6) is 2.16. The summed E-state index contributed by atoms with van der Waals surface area (Å²) in [7, 11) is 2.05. The second-order valence-corrected chi connectivity index (χ2v) is 5.98. The van der Waals surface area contributed by atoms with Crippen molar-refractivity contribution in [2.24, 2.45) is 7.05 Å². The van der Waals surface area contributed by atoms with Crippen LogP contribution in [0.5, 0.6) is 5.75 Å². The van der Waals surface area contributed by atoms with E-state index in [-0.39, 0.29) is 5.41 Å². The Bertz CT molecular complexity index is 641. The summed E-state index contributed by atoms with van der Waals surface area (Å²) in [6, 6.07) is 6.70. The van der Waals surface area contributed by atoms with E-state index in [9.17, 15) is 0 Å². The molecule has 2 aliphatic rings. The Balaban J connectivity index is 1.86. The van der Waals surface area contributed by atoms with Gasteiger partial charge in [-0.15, -0.1) is 10.2 Å². The van der Waals surface area contributed by atoms with E-state index in [0.29, 0.717) is 0 Å². The van der Waals surface area contributed by atoms with E-state index in [1.54, 1.807) is 0 Å². The smallest absolute Gasteiger partial charge is 0.143 e. The van der Waals surface area contributed by atoms with Crippen molar-refractivity contribution in [2.45, 2.75) is 37.5 Å². The summed E-state index contributed by atoms with van der Waals surface area (Å²) < 4.78 is 7.71. The van der Waals surface area contributed by atoms with E-state index in [4.69, 9.17) is 4.74 Å². The quantitative estimate of drug-likeness (QED) is 0.841. The van der Waals surface area contributed by atoms with Crippen molar-refractivity contribution in [1.82, 2.24) is 14.8 Å². The second-order valence-electron chi connectivity index (χ2n) is 5.98. The molecule has 2 aromatic rings. The van der Waals surface area contributed by atoms with Crippen LogP contribution in [0.15, 0.2) is 24.5 Å². The lowest BCUT2D eigenvalue weighted by molar-refractivity contribution is 0.356. The van der Waals surface area contributed by atoms with Crippen LogP contribution in [0.4, 0.5) is 0 Å². The van der Waals surface area contributed by atoms with Gasteiger partial charge in [0.15, 0.2) is 0 Å². The van der Waals surface area contributed by atoms with E-state index in [2.05, 4.69) is 33.0 Å². The van der Waals surface area contributed by atoms with Crippen LogP contribution in [0.3, 0.4) is 0 Å². The fourth-order valence-electron chi connectivity index (χ4n) is 3.82. The molecular weight excluding hydrogens is 250 g/mol. The molecule has 0 unspecified atom stereocenters. The van der Waals surface area contributed by atoms with Crippen molar-refractivity contribution in [3.8, 4) is 5.75 Å². The van der Waals surface area contributed by atoms with Gasteiger partial charge in [-0.1, -0.05) is 25.0 Å². The van der Waals surface area contributed by atoms with Crippen molar-refractivity contribution in [3.05, 3.63) is 41.5 Å². The van der Waals surface area contributed by atoms with Gasteiger partial charge < -0.3 is 9.30 Å². The van der Waals surface area contributed by atoms with E-state index < -0.39 is 0 Å². The second kappa shape index (κ2) is 4.33. The number of aryl methyl sites for hydroxylation is 1. The molecule has 1 aliphatic heterocycles. The molecule has 104 valence electrons. The van der Waals surface area contributed by atoms with Crippen molar-refractivity contribution in [2.75, 3.05) is 6.61 Å². The molecule has 0 radical (unpaired) electrons. The maximum absolute atomic E-state index is 5.63. The van der Waals surface area contributed by atoms with Crippen LogP contribution in [0.2, 0.25) is 0 Å². The largest absolute Gasteiger partial charge is 0.493 e. The fraction of sp³-hybridized carbons (Fsp3) is 0.500. The predicted molar refractivity (Wildman–Crippen MR) is 75.9 cm³/mol. The molecule has 20 heavy (non-hydrogen) atoms. The Labute approximate surface area is 118 Å². The lowest BCUT2D eigenvalue weighted by atomic mass is 9.77. The van der Waals surface area contributed by atoms with Gasteiger partial charge in [-0.3, -0.25) is 0 Å². The maximum atomic E-state index is 5.63. The van der Waals surface area contributed by atoms with Crippen LogP contribution in [0.25, 0.3) is 0 Å². The molecule has 1 aliphatic carbocycles. The van der Waals surface area contributed by atoms with E-state index >= 15 is 0 Å². The first-order valence-electron chi connectivity index (χ1n) is 7.40. The lowest BCUT2D eigenvalue weighted by Crippen LogP contribution is -2.27. The van der Waals surface area contributed by atoms with Crippen molar-refractivity contribution in [3.63, 3.8) is 0 Å². The topological polar surface area (TPSA) is 39.9 Å². The summed E-state index contributed by atoms with van der Waals surface area (Å²) in [6.07, 6.45) is 7.70. The van der Waals surface area contributed by atoms with Gasteiger partial charge in [0, 0.05) is 13.5 Å². The highest BCUT2D eigenvalue weighted by Crippen LogP contribution is 2.46. The van der Waals surface area contributed by atoms with Crippen LogP contribution in [-0.4, -0.2) is 21.4 Å². The summed E-state index contributed by atoms with van der Waals surface area (Å²) in [6.45, 7) is 0.815. The van der Waals surface area contributed by atoms with Gasteiger partial charge >= 0.3 is 0 Å². The highest BCUT2D eigenvalue weighted by Gasteiger charge is 2.41. The van der Waals surface area contributed by atoms with Gasteiger partial charge in [0.05, 0.1) is 12.0 Å². The van der Waals surface area contributed by atoms with Crippen LogP contribution in [0.1, 0.15) is 42.6 Å². The molecule has 0 spiro atoms. The Morgan fingerprint density at radius 3 is 2.85 bits per heavy atom. The molecule has 1 aromatic heterocycles. The number of fused-ring (bicyclic) bond motifs is 1. The average molecular weight is 269 g/mol. The molecule has 2 heterocycles. The Kier molecular flexibility index (Phi) is 2.59. The zero-order valence-corrected chi connectivity index (χ0v) is 11.8. The lowest BCUT2D eigenvalue weighted by Gasteiger charge is -2.28. The average Bonchev–Trinajstić information content (AvgIpc) is 3.17. The molecule has 4 rings (SSSR count). The number of nitrogens with zero attached hydrogens (tertiary/aromatic N) is 3. The molecule has 0 bridgehead atoms. The van der Waals surface area contributed by atoms with Crippen LogP contribution in [-0.2, 0) is 18.9 Å². The van der Waals surface area contributed by atoms with E-state index in [1.807, 2.05) is 13.4 Å². The van der Waals surface area contributed by atoms with Gasteiger partial charge in [-0.05, 0) is 30.0 Å². The zero-order valence-electron chi connectivity index (χ0n) is 11.8. The summed E-state index contributed by atoms with van der Waals surface area (Å²) in [5.41, 5.74) is 2.77. The molecule has 0 atom stereocenters. The maximum Gasteiger partial charge on any atom is 0.143 e. The minimum absolute atomic E-state index is 0.0445. The Morgan fingerprint density at radius 1 is 1.25 bits per heavy atom. The molecule has 1 aromatic carbocycles. The number of rotatable bonds is 2. The van der Waals surface area contributed by atoms with E-state index in [0.717, 1.165) is 24.6 Å². The van der Waals surface area contributed by atoms with Crippen molar-refractivity contribution in [1.29, 1.82) is 0 Å². The minimum Gasteiger partial charge on any atom is -0.493 e. The minimum atomic E-state index is 0.0445. The van der Waals surface area contributed by atoms with Crippen LogP contribution in [0, 0.1) is 0 Å². The number of ether oxygens (including phenoxy) is 1. The zero-order chi connectivity index (χ0) is 13.6. The first kappa shape index (κ1) is 11.9. The molecule has 4 heteroatoms. The Hall–Kier alpha value is -1.84. The third-order valence-corrected chi connectivity index (χ3v) is 4.84. The predicted octanol–water partition coefficient (Wildman–Crippen LogP) is 2.61. The molecule has 0 saturated heterocycles. The first-order chi connectivity index (χ1) is 9.79. The van der Waals surface area contributed by atoms with Gasteiger partial charge in [-0.2, -0.15) is 0 Å². The first-order valence-corrected chi connectivity index (χ1v) is 7.40. The SMILES string of the molecule is Cn1cnnc1C1(c2ccc3c(c2)CCO3)CCCC1. The summed E-state index contributed by atoms with van der Waals surface area (Å²) in [4.78, 5) is 0. The molecule has 0 N–H and O–H groups in total. The van der Waals surface area contributed by atoms with Gasteiger partial charge in [0.1, 0.15) is 17.9 Å². The Morgan fingerprint density at radius 2 is 2.10 bits per heavy atom.